The zero-order valence-corrected chi connectivity index (χ0v) is 14.0. The van der Waals surface area contributed by atoms with Crippen molar-refractivity contribution in [1.82, 2.24) is 10.3 Å². The first-order chi connectivity index (χ1) is 13.0. The number of oxazole rings is 1. The third kappa shape index (κ3) is 4.97. The summed E-state index contributed by atoms with van der Waals surface area (Å²) < 4.78 is 31.3. The van der Waals surface area contributed by atoms with Crippen molar-refractivity contribution in [3.63, 3.8) is 0 Å². The van der Waals surface area contributed by atoms with Gasteiger partial charge in [0, 0.05) is 17.3 Å². The van der Waals surface area contributed by atoms with Gasteiger partial charge in [-0.3, -0.25) is 9.59 Å². The molecule has 0 saturated heterocycles. The van der Waals surface area contributed by atoms with E-state index in [2.05, 4.69) is 15.6 Å². The Bertz CT molecular complexity index is 958. The highest BCUT2D eigenvalue weighted by Gasteiger charge is 2.12. The number of aromatic nitrogens is 1. The quantitative estimate of drug-likeness (QED) is 0.698. The van der Waals surface area contributed by atoms with E-state index in [-0.39, 0.29) is 18.7 Å². The van der Waals surface area contributed by atoms with Gasteiger partial charge in [-0.1, -0.05) is 18.2 Å². The van der Waals surface area contributed by atoms with Crippen molar-refractivity contribution in [2.45, 2.75) is 6.42 Å². The van der Waals surface area contributed by atoms with E-state index in [4.69, 9.17) is 4.42 Å². The SMILES string of the molecule is O=C(Cc1coc(-c2ccccc2)n1)NCC(=O)Nc1ccc(F)c(F)c1. The zero-order chi connectivity index (χ0) is 19.2. The summed E-state index contributed by atoms with van der Waals surface area (Å²) in [5.74, 6) is -2.68. The molecule has 6 nitrogen and oxygen atoms in total. The number of rotatable bonds is 6. The summed E-state index contributed by atoms with van der Waals surface area (Å²) in [6.07, 6.45) is 1.32. The molecule has 2 amide bonds. The maximum atomic E-state index is 13.1. The molecule has 0 unspecified atom stereocenters. The third-order valence-corrected chi connectivity index (χ3v) is 3.56. The Labute approximate surface area is 153 Å². The molecule has 0 aliphatic rings. The summed E-state index contributed by atoms with van der Waals surface area (Å²) in [6, 6.07) is 12.2. The lowest BCUT2D eigenvalue weighted by atomic mass is 10.2. The lowest BCUT2D eigenvalue weighted by Gasteiger charge is -2.06. The van der Waals surface area contributed by atoms with Gasteiger partial charge in [0.25, 0.3) is 0 Å². The number of carbonyl (C=O) groups excluding carboxylic acids is 2. The van der Waals surface area contributed by atoms with Gasteiger partial charge < -0.3 is 15.1 Å². The van der Waals surface area contributed by atoms with Gasteiger partial charge in [-0.2, -0.15) is 0 Å². The number of hydrogen-bond donors (Lipinski definition) is 2. The van der Waals surface area contributed by atoms with Crippen LogP contribution in [0.3, 0.4) is 0 Å². The molecule has 3 aromatic rings. The van der Waals surface area contributed by atoms with Gasteiger partial charge in [-0.25, -0.2) is 13.8 Å². The molecule has 3 rings (SSSR count). The number of nitrogens with zero attached hydrogens (tertiary/aromatic N) is 1. The second kappa shape index (κ2) is 8.22. The predicted molar refractivity (Wildman–Crippen MR) is 93.6 cm³/mol. The van der Waals surface area contributed by atoms with Crippen molar-refractivity contribution < 1.29 is 22.8 Å². The first-order valence-electron chi connectivity index (χ1n) is 8.02. The van der Waals surface area contributed by atoms with Crippen LogP contribution in [0.25, 0.3) is 11.5 Å². The lowest BCUT2D eigenvalue weighted by molar-refractivity contribution is -0.123. The number of amides is 2. The van der Waals surface area contributed by atoms with Crippen molar-refractivity contribution in [2.24, 2.45) is 0 Å². The highest BCUT2D eigenvalue weighted by molar-refractivity contribution is 5.94. The third-order valence-electron chi connectivity index (χ3n) is 3.56. The van der Waals surface area contributed by atoms with Crippen molar-refractivity contribution in [2.75, 3.05) is 11.9 Å². The van der Waals surface area contributed by atoms with Gasteiger partial charge in [0.2, 0.25) is 17.7 Å². The molecule has 0 fully saturated rings. The van der Waals surface area contributed by atoms with Crippen molar-refractivity contribution in [3.05, 3.63) is 72.1 Å². The highest BCUT2D eigenvalue weighted by atomic mass is 19.2. The van der Waals surface area contributed by atoms with Gasteiger partial charge in [0.05, 0.1) is 18.7 Å². The molecule has 2 N–H and O–H groups in total. The molecule has 0 radical (unpaired) electrons. The van der Waals surface area contributed by atoms with E-state index in [9.17, 15) is 18.4 Å². The Hall–Kier alpha value is -3.55. The number of benzene rings is 2. The average Bonchev–Trinajstić information content (AvgIpc) is 3.12. The number of hydrogen-bond acceptors (Lipinski definition) is 4. The monoisotopic (exact) mass is 371 g/mol. The minimum atomic E-state index is -1.07. The molecular weight excluding hydrogens is 356 g/mol. The maximum Gasteiger partial charge on any atom is 0.243 e. The van der Waals surface area contributed by atoms with Crippen LogP contribution in [0, 0.1) is 11.6 Å². The molecular formula is C19H15F2N3O3. The maximum absolute atomic E-state index is 13.1. The Morgan fingerprint density at radius 1 is 1.00 bits per heavy atom. The molecule has 0 aliphatic carbocycles. The molecule has 8 heteroatoms. The van der Waals surface area contributed by atoms with Gasteiger partial charge in [0.15, 0.2) is 11.6 Å². The number of carbonyl (C=O) groups is 2. The Morgan fingerprint density at radius 2 is 1.78 bits per heavy atom. The fourth-order valence-corrected chi connectivity index (χ4v) is 2.29. The van der Waals surface area contributed by atoms with E-state index in [1.807, 2.05) is 30.3 Å². The summed E-state index contributed by atoms with van der Waals surface area (Å²) in [5.41, 5.74) is 1.31. The van der Waals surface area contributed by atoms with E-state index < -0.39 is 23.4 Å². The number of anilines is 1. The predicted octanol–water partition coefficient (Wildman–Crippen LogP) is 2.92. The minimum absolute atomic E-state index is 0.0607. The van der Waals surface area contributed by atoms with Crippen LogP contribution in [-0.4, -0.2) is 23.3 Å². The Balaban J connectivity index is 1.49. The fourth-order valence-electron chi connectivity index (χ4n) is 2.29. The first kappa shape index (κ1) is 18.2. The van der Waals surface area contributed by atoms with E-state index >= 15 is 0 Å². The van der Waals surface area contributed by atoms with Gasteiger partial charge >= 0.3 is 0 Å². The van der Waals surface area contributed by atoms with Gasteiger partial charge in [-0.05, 0) is 24.3 Å². The van der Waals surface area contributed by atoms with Crippen LogP contribution in [0.2, 0.25) is 0 Å². The molecule has 0 saturated carbocycles. The van der Waals surface area contributed by atoms with Crippen molar-refractivity contribution >= 4 is 17.5 Å². The smallest absolute Gasteiger partial charge is 0.243 e. The Kier molecular flexibility index (Phi) is 5.55. The lowest BCUT2D eigenvalue weighted by Crippen LogP contribution is -2.33. The number of nitrogens with one attached hydrogen (secondary N) is 2. The van der Waals surface area contributed by atoms with E-state index in [0.717, 1.165) is 17.7 Å². The van der Waals surface area contributed by atoms with Gasteiger partial charge in [0.1, 0.15) is 6.26 Å². The van der Waals surface area contributed by atoms with E-state index in [1.54, 1.807) is 0 Å². The molecule has 1 heterocycles. The molecule has 2 aromatic carbocycles. The molecule has 0 bridgehead atoms. The van der Waals surface area contributed by atoms with Crippen molar-refractivity contribution in [3.8, 4) is 11.5 Å². The summed E-state index contributed by atoms with van der Waals surface area (Å²) in [6.45, 7) is -0.318. The van der Waals surface area contributed by atoms with Crippen LogP contribution in [-0.2, 0) is 16.0 Å². The second-order valence-corrected chi connectivity index (χ2v) is 5.64. The highest BCUT2D eigenvalue weighted by Crippen LogP contribution is 2.18. The Morgan fingerprint density at radius 3 is 2.52 bits per heavy atom. The van der Waals surface area contributed by atoms with Crippen LogP contribution in [0.15, 0.2) is 59.2 Å². The van der Waals surface area contributed by atoms with Crippen LogP contribution in [0.5, 0.6) is 0 Å². The summed E-state index contributed by atoms with van der Waals surface area (Å²) >= 11 is 0. The van der Waals surface area contributed by atoms with Gasteiger partial charge in [-0.15, -0.1) is 0 Å². The van der Waals surface area contributed by atoms with Crippen LogP contribution >= 0.6 is 0 Å². The van der Waals surface area contributed by atoms with E-state index in [1.165, 1.54) is 12.3 Å². The van der Waals surface area contributed by atoms with E-state index in [0.29, 0.717) is 11.6 Å². The molecule has 0 spiro atoms. The standard InChI is InChI=1S/C19H15F2N3O3/c20-15-7-6-13(8-16(15)21)23-18(26)10-22-17(25)9-14-11-27-19(24-14)12-4-2-1-3-5-12/h1-8,11H,9-10H2,(H,22,25)(H,23,26). The largest absolute Gasteiger partial charge is 0.444 e. The molecule has 0 aliphatic heterocycles. The fraction of sp³-hybridized carbons (Fsp3) is 0.105. The second-order valence-electron chi connectivity index (χ2n) is 5.64. The van der Waals surface area contributed by atoms with Crippen LogP contribution in [0.4, 0.5) is 14.5 Å². The summed E-state index contributed by atoms with van der Waals surface area (Å²) in [5, 5.41) is 4.79. The topological polar surface area (TPSA) is 84.2 Å². The molecule has 0 atom stereocenters. The molecule has 1 aromatic heterocycles. The normalized spacial score (nSPS) is 10.4. The van der Waals surface area contributed by atoms with Crippen LogP contribution < -0.4 is 10.6 Å². The van der Waals surface area contributed by atoms with Crippen LogP contribution in [0.1, 0.15) is 5.69 Å². The summed E-state index contributed by atoms with van der Waals surface area (Å²) in [7, 11) is 0. The first-order valence-corrected chi connectivity index (χ1v) is 8.02. The minimum Gasteiger partial charge on any atom is -0.444 e. The van der Waals surface area contributed by atoms with Crippen molar-refractivity contribution in [1.29, 1.82) is 0 Å². The molecule has 27 heavy (non-hydrogen) atoms. The molecule has 138 valence electrons. The number of halogens is 2. The zero-order valence-electron chi connectivity index (χ0n) is 14.0. The average molecular weight is 371 g/mol. The summed E-state index contributed by atoms with van der Waals surface area (Å²) in [4.78, 5) is 27.9.